The van der Waals surface area contributed by atoms with Crippen LogP contribution in [-0.2, 0) is 0 Å². The molecule has 0 aliphatic rings. The molecule has 84 valence electrons. The Hall–Kier alpha value is -2.04. The second kappa shape index (κ2) is 3.52. The van der Waals surface area contributed by atoms with Gasteiger partial charge in [0.2, 0.25) is 0 Å². The topological polar surface area (TPSA) is 75.3 Å². The highest BCUT2D eigenvalue weighted by Crippen LogP contribution is 2.24. The summed E-state index contributed by atoms with van der Waals surface area (Å²) in [5, 5.41) is 23.2. The zero-order chi connectivity index (χ0) is 11.9. The zero-order valence-corrected chi connectivity index (χ0v) is 9.01. The molecule has 2 rings (SSSR count). The molecule has 0 unspecified atom stereocenters. The summed E-state index contributed by atoms with van der Waals surface area (Å²) in [6.07, 6.45) is 0. The number of carboxylic acids is 1. The fourth-order valence-electron chi connectivity index (χ4n) is 1.68. The van der Waals surface area contributed by atoms with E-state index in [0.717, 1.165) is 0 Å². The molecule has 0 spiro atoms. The van der Waals surface area contributed by atoms with Crippen molar-refractivity contribution < 1.29 is 15.0 Å². The van der Waals surface area contributed by atoms with Gasteiger partial charge in [0, 0.05) is 17.5 Å². The van der Waals surface area contributed by atoms with Gasteiger partial charge in [-0.2, -0.15) is 5.10 Å². The second-order valence-electron chi connectivity index (χ2n) is 3.89. The van der Waals surface area contributed by atoms with E-state index in [2.05, 4.69) is 5.10 Å². The predicted octanol–water partition coefficient (Wildman–Crippen LogP) is 2.02. The Morgan fingerprint density at radius 3 is 2.69 bits per heavy atom. The van der Waals surface area contributed by atoms with Gasteiger partial charge in [-0.25, -0.2) is 4.79 Å². The standard InChI is InChI=1S/C11H12N2O3/c1-6(2)13-10(11(15)16)8-4-3-7(14)5-9(8)12-13/h3-6,14H,1-2H3,(H,15,16). The van der Waals surface area contributed by atoms with Crippen LogP contribution in [0, 0.1) is 0 Å². The van der Waals surface area contributed by atoms with Crippen LogP contribution in [0.15, 0.2) is 18.2 Å². The first kappa shape index (κ1) is 10.5. The molecule has 0 fully saturated rings. The summed E-state index contributed by atoms with van der Waals surface area (Å²) in [7, 11) is 0. The maximum Gasteiger partial charge on any atom is 0.354 e. The van der Waals surface area contributed by atoms with Crippen LogP contribution in [0.3, 0.4) is 0 Å². The quantitative estimate of drug-likeness (QED) is 0.811. The van der Waals surface area contributed by atoms with E-state index in [9.17, 15) is 9.90 Å². The fraction of sp³-hybridized carbons (Fsp3) is 0.273. The van der Waals surface area contributed by atoms with Crippen molar-refractivity contribution >= 4 is 16.9 Å². The lowest BCUT2D eigenvalue weighted by Crippen LogP contribution is -2.12. The molecule has 0 saturated carbocycles. The number of aromatic carboxylic acids is 1. The summed E-state index contributed by atoms with van der Waals surface area (Å²) in [6, 6.07) is 4.45. The molecular weight excluding hydrogens is 208 g/mol. The third kappa shape index (κ3) is 1.50. The third-order valence-electron chi connectivity index (χ3n) is 2.37. The first-order chi connectivity index (χ1) is 7.50. The van der Waals surface area contributed by atoms with Gasteiger partial charge >= 0.3 is 5.97 Å². The van der Waals surface area contributed by atoms with E-state index in [1.165, 1.54) is 16.8 Å². The van der Waals surface area contributed by atoms with Crippen LogP contribution in [0.25, 0.3) is 10.9 Å². The molecule has 0 amide bonds. The van der Waals surface area contributed by atoms with Crippen molar-refractivity contribution in [3.05, 3.63) is 23.9 Å². The van der Waals surface area contributed by atoms with Gasteiger partial charge in [0.1, 0.15) is 5.75 Å². The predicted molar refractivity (Wildman–Crippen MR) is 58.7 cm³/mol. The van der Waals surface area contributed by atoms with Crippen molar-refractivity contribution in [2.45, 2.75) is 19.9 Å². The Kier molecular flexibility index (Phi) is 2.30. The van der Waals surface area contributed by atoms with Crippen molar-refractivity contribution in [3.63, 3.8) is 0 Å². The molecule has 16 heavy (non-hydrogen) atoms. The Morgan fingerprint density at radius 1 is 1.44 bits per heavy atom. The van der Waals surface area contributed by atoms with Crippen molar-refractivity contribution in [1.82, 2.24) is 9.78 Å². The van der Waals surface area contributed by atoms with Gasteiger partial charge in [-0.3, -0.25) is 4.68 Å². The lowest BCUT2D eigenvalue weighted by atomic mass is 10.2. The van der Waals surface area contributed by atoms with E-state index in [0.29, 0.717) is 10.9 Å². The molecule has 0 aliphatic carbocycles. The monoisotopic (exact) mass is 220 g/mol. The molecule has 0 aliphatic heterocycles. The van der Waals surface area contributed by atoms with Gasteiger partial charge in [0.25, 0.3) is 0 Å². The number of fused-ring (bicyclic) bond motifs is 1. The third-order valence-corrected chi connectivity index (χ3v) is 2.37. The number of rotatable bonds is 2. The second-order valence-corrected chi connectivity index (χ2v) is 3.89. The number of aromatic hydroxyl groups is 1. The Balaban J connectivity index is 2.81. The molecule has 1 aromatic carbocycles. The van der Waals surface area contributed by atoms with Crippen molar-refractivity contribution in [2.24, 2.45) is 0 Å². The lowest BCUT2D eigenvalue weighted by Gasteiger charge is -2.07. The maximum atomic E-state index is 11.2. The number of nitrogens with zero attached hydrogens (tertiary/aromatic N) is 2. The normalized spacial score (nSPS) is 11.2. The number of carbonyl (C=O) groups is 1. The van der Waals surface area contributed by atoms with E-state index >= 15 is 0 Å². The van der Waals surface area contributed by atoms with Crippen LogP contribution in [0.1, 0.15) is 30.4 Å². The average molecular weight is 220 g/mol. The molecule has 0 bridgehead atoms. The average Bonchev–Trinajstić information content (AvgIpc) is 2.55. The van der Waals surface area contributed by atoms with E-state index in [1.54, 1.807) is 6.07 Å². The van der Waals surface area contributed by atoms with Crippen molar-refractivity contribution in [2.75, 3.05) is 0 Å². The molecule has 1 aromatic heterocycles. The van der Waals surface area contributed by atoms with Gasteiger partial charge in [0.15, 0.2) is 5.69 Å². The highest BCUT2D eigenvalue weighted by Gasteiger charge is 2.19. The highest BCUT2D eigenvalue weighted by atomic mass is 16.4. The van der Waals surface area contributed by atoms with Gasteiger partial charge in [-0.15, -0.1) is 0 Å². The fourth-order valence-corrected chi connectivity index (χ4v) is 1.68. The molecule has 5 nitrogen and oxygen atoms in total. The summed E-state index contributed by atoms with van der Waals surface area (Å²) in [4.78, 5) is 11.2. The molecular formula is C11H12N2O3. The van der Waals surface area contributed by atoms with Crippen LogP contribution >= 0.6 is 0 Å². The number of phenolic OH excluding ortho intramolecular Hbond substituents is 1. The first-order valence-electron chi connectivity index (χ1n) is 4.95. The van der Waals surface area contributed by atoms with Gasteiger partial charge in [0.05, 0.1) is 5.52 Å². The number of hydrogen-bond donors (Lipinski definition) is 2. The minimum Gasteiger partial charge on any atom is -0.508 e. The van der Waals surface area contributed by atoms with Gasteiger partial charge in [-0.1, -0.05) is 0 Å². The highest BCUT2D eigenvalue weighted by molar-refractivity contribution is 6.01. The zero-order valence-electron chi connectivity index (χ0n) is 9.01. The number of phenols is 1. The molecule has 0 radical (unpaired) electrons. The maximum absolute atomic E-state index is 11.2. The SMILES string of the molecule is CC(C)n1nc2cc(O)ccc2c1C(=O)O. The Morgan fingerprint density at radius 2 is 2.12 bits per heavy atom. The molecule has 0 atom stereocenters. The van der Waals surface area contributed by atoms with Crippen molar-refractivity contribution in [1.29, 1.82) is 0 Å². The van der Waals surface area contributed by atoms with E-state index in [1.807, 2.05) is 13.8 Å². The Labute approximate surface area is 91.9 Å². The number of benzene rings is 1. The number of hydrogen-bond acceptors (Lipinski definition) is 3. The molecule has 1 heterocycles. The van der Waals surface area contributed by atoms with Crippen LogP contribution < -0.4 is 0 Å². The lowest BCUT2D eigenvalue weighted by molar-refractivity contribution is 0.0683. The van der Waals surface area contributed by atoms with E-state index in [4.69, 9.17) is 5.11 Å². The van der Waals surface area contributed by atoms with Gasteiger partial charge < -0.3 is 10.2 Å². The van der Waals surface area contributed by atoms with Crippen molar-refractivity contribution in [3.8, 4) is 5.75 Å². The van der Waals surface area contributed by atoms with E-state index < -0.39 is 5.97 Å². The Bertz CT molecular complexity index is 558. The molecule has 2 aromatic rings. The summed E-state index contributed by atoms with van der Waals surface area (Å²) in [6.45, 7) is 3.72. The first-order valence-corrected chi connectivity index (χ1v) is 4.95. The summed E-state index contributed by atoms with van der Waals surface area (Å²) in [5.74, 6) is -0.931. The van der Waals surface area contributed by atoms with Crippen LogP contribution in [0.2, 0.25) is 0 Å². The smallest absolute Gasteiger partial charge is 0.354 e. The van der Waals surface area contributed by atoms with Crippen LogP contribution in [0.5, 0.6) is 5.75 Å². The number of carboxylic acid groups (broad SMARTS) is 1. The summed E-state index contributed by atoms with van der Waals surface area (Å²) < 4.78 is 1.45. The summed E-state index contributed by atoms with van der Waals surface area (Å²) in [5.41, 5.74) is 0.649. The van der Waals surface area contributed by atoms with Crippen LogP contribution in [-0.4, -0.2) is 26.0 Å². The molecule has 5 heteroatoms. The minimum absolute atomic E-state index is 0.0411. The largest absolute Gasteiger partial charge is 0.508 e. The van der Waals surface area contributed by atoms with Crippen LogP contribution in [0.4, 0.5) is 0 Å². The number of aromatic nitrogens is 2. The molecule has 2 N–H and O–H groups in total. The summed E-state index contributed by atoms with van der Waals surface area (Å²) >= 11 is 0. The van der Waals surface area contributed by atoms with E-state index in [-0.39, 0.29) is 17.5 Å². The van der Waals surface area contributed by atoms with Gasteiger partial charge in [-0.05, 0) is 26.0 Å². The minimum atomic E-state index is -1.01. The molecule has 0 saturated heterocycles.